The van der Waals surface area contributed by atoms with Crippen molar-refractivity contribution in [1.29, 1.82) is 0 Å². The van der Waals surface area contributed by atoms with E-state index in [-0.39, 0.29) is 6.61 Å². The zero-order valence-electron chi connectivity index (χ0n) is 14.6. The fourth-order valence-corrected chi connectivity index (χ4v) is 2.61. The molecule has 5 heteroatoms. The second kappa shape index (κ2) is 11.0. The predicted octanol–water partition coefficient (Wildman–Crippen LogP) is 4.18. The Hall–Kier alpha value is -1.75. The van der Waals surface area contributed by atoms with Crippen molar-refractivity contribution in [2.45, 2.75) is 32.9 Å². The van der Waals surface area contributed by atoms with Crippen LogP contribution in [0.1, 0.15) is 30.9 Å². The molecule has 0 spiro atoms. The minimum absolute atomic E-state index is 0.244. The average molecular weight is 364 g/mol. The number of halogens is 1. The maximum absolute atomic E-state index is 8.79. The highest BCUT2D eigenvalue weighted by atomic mass is 35.5. The molecule has 136 valence electrons. The summed E-state index contributed by atoms with van der Waals surface area (Å²) in [6.07, 6.45) is 1.79. The maximum Gasteiger partial charge on any atom is 0.161 e. The van der Waals surface area contributed by atoms with E-state index in [4.69, 9.17) is 26.2 Å². The summed E-state index contributed by atoms with van der Waals surface area (Å²) in [5.74, 6) is 1.45. The molecular formula is C20H26ClNO3. The lowest BCUT2D eigenvalue weighted by atomic mass is 10.2. The fourth-order valence-electron chi connectivity index (χ4n) is 2.42. The lowest BCUT2D eigenvalue weighted by molar-refractivity contribution is 0.269. The first kappa shape index (κ1) is 19.6. The molecule has 0 amide bonds. The molecule has 4 nitrogen and oxygen atoms in total. The summed E-state index contributed by atoms with van der Waals surface area (Å²) in [6.45, 7) is 4.82. The molecular weight excluding hydrogens is 338 g/mol. The van der Waals surface area contributed by atoms with Gasteiger partial charge in [-0.25, -0.2) is 0 Å². The number of unbranched alkanes of at least 4 members (excludes halogenated alkanes) is 1. The van der Waals surface area contributed by atoms with E-state index in [0.29, 0.717) is 24.0 Å². The van der Waals surface area contributed by atoms with Gasteiger partial charge in [0.1, 0.15) is 6.61 Å². The summed E-state index contributed by atoms with van der Waals surface area (Å²) < 4.78 is 11.6. The molecule has 2 aromatic carbocycles. The van der Waals surface area contributed by atoms with Crippen LogP contribution < -0.4 is 14.8 Å². The van der Waals surface area contributed by atoms with Gasteiger partial charge in [-0.1, -0.05) is 35.9 Å². The molecule has 25 heavy (non-hydrogen) atoms. The number of rotatable bonds is 11. The number of hydrogen-bond donors (Lipinski definition) is 2. The third-order valence-electron chi connectivity index (χ3n) is 3.74. The number of ether oxygens (including phenoxy) is 2. The second-order valence-electron chi connectivity index (χ2n) is 5.70. The highest BCUT2D eigenvalue weighted by Crippen LogP contribution is 2.30. The molecule has 0 saturated heterocycles. The lowest BCUT2D eigenvalue weighted by Gasteiger charge is -2.14. The number of aliphatic hydroxyl groups excluding tert-OH is 1. The summed E-state index contributed by atoms with van der Waals surface area (Å²) in [4.78, 5) is 0. The van der Waals surface area contributed by atoms with Crippen LogP contribution in [-0.4, -0.2) is 24.9 Å². The van der Waals surface area contributed by atoms with E-state index in [1.54, 1.807) is 0 Å². The zero-order valence-corrected chi connectivity index (χ0v) is 15.4. The van der Waals surface area contributed by atoms with Gasteiger partial charge in [-0.05, 0) is 50.1 Å². The van der Waals surface area contributed by atoms with Gasteiger partial charge in [0.05, 0.1) is 6.61 Å². The van der Waals surface area contributed by atoms with Crippen LogP contribution >= 0.6 is 11.6 Å². The second-order valence-corrected chi connectivity index (χ2v) is 6.11. The van der Waals surface area contributed by atoms with Crippen LogP contribution in [0.3, 0.4) is 0 Å². The Morgan fingerprint density at radius 3 is 2.64 bits per heavy atom. The van der Waals surface area contributed by atoms with E-state index < -0.39 is 0 Å². The first-order valence-corrected chi connectivity index (χ1v) is 9.06. The standard InChI is InChI=1S/C20H26ClNO3/c1-2-24-20-13-16(14-22-11-5-6-12-23)9-10-19(20)25-15-17-7-3-4-8-18(17)21/h3-4,7-10,13,22-23H,2,5-6,11-12,14-15H2,1H3. The quantitative estimate of drug-likeness (QED) is 0.588. The summed E-state index contributed by atoms with van der Waals surface area (Å²) in [6, 6.07) is 13.6. The molecule has 2 rings (SSSR count). The van der Waals surface area contributed by atoms with Gasteiger partial charge in [-0.2, -0.15) is 0 Å². The highest BCUT2D eigenvalue weighted by molar-refractivity contribution is 6.31. The highest BCUT2D eigenvalue weighted by Gasteiger charge is 2.08. The number of aliphatic hydroxyl groups is 1. The van der Waals surface area contributed by atoms with Gasteiger partial charge >= 0.3 is 0 Å². The minimum atomic E-state index is 0.244. The number of hydrogen-bond acceptors (Lipinski definition) is 4. The van der Waals surface area contributed by atoms with Crippen molar-refractivity contribution >= 4 is 11.6 Å². The van der Waals surface area contributed by atoms with E-state index >= 15 is 0 Å². The molecule has 0 unspecified atom stereocenters. The van der Waals surface area contributed by atoms with Crippen LogP contribution in [0, 0.1) is 0 Å². The van der Waals surface area contributed by atoms with Crippen molar-refractivity contribution in [2.75, 3.05) is 19.8 Å². The van der Waals surface area contributed by atoms with Crippen molar-refractivity contribution in [1.82, 2.24) is 5.32 Å². The largest absolute Gasteiger partial charge is 0.490 e. The predicted molar refractivity (Wildman–Crippen MR) is 101 cm³/mol. The monoisotopic (exact) mass is 363 g/mol. The van der Waals surface area contributed by atoms with Gasteiger partial charge in [0.15, 0.2) is 11.5 Å². The third-order valence-corrected chi connectivity index (χ3v) is 4.11. The molecule has 0 fully saturated rings. The van der Waals surface area contributed by atoms with Crippen molar-refractivity contribution in [3.8, 4) is 11.5 Å². The van der Waals surface area contributed by atoms with E-state index in [9.17, 15) is 0 Å². The Morgan fingerprint density at radius 1 is 1.04 bits per heavy atom. The smallest absolute Gasteiger partial charge is 0.161 e. The Balaban J connectivity index is 1.96. The number of benzene rings is 2. The molecule has 0 radical (unpaired) electrons. The molecule has 0 bridgehead atoms. The Labute approximate surface area is 154 Å². The normalized spacial score (nSPS) is 10.7. The minimum Gasteiger partial charge on any atom is -0.490 e. The zero-order chi connectivity index (χ0) is 17.9. The summed E-state index contributed by atoms with van der Waals surface area (Å²) in [7, 11) is 0. The molecule has 0 heterocycles. The Bertz CT molecular complexity index is 649. The summed E-state index contributed by atoms with van der Waals surface area (Å²) >= 11 is 6.17. The molecule has 0 saturated carbocycles. The van der Waals surface area contributed by atoms with Crippen molar-refractivity contribution in [3.63, 3.8) is 0 Å². The molecule has 2 aromatic rings. The summed E-state index contributed by atoms with van der Waals surface area (Å²) in [5.41, 5.74) is 2.08. The Morgan fingerprint density at radius 2 is 1.88 bits per heavy atom. The molecule has 0 aliphatic rings. The van der Waals surface area contributed by atoms with E-state index in [1.807, 2.05) is 49.4 Å². The van der Waals surface area contributed by atoms with Crippen LogP contribution in [0.5, 0.6) is 11.5 Å². The van der Waals surface area contributed by atoms with Crippen LogP contribution in [0.2, 0.25) is 5.02 Å². The lowest BCUT2D eigenvalue weighted by Crippen LogP contribution is -2.15. The Kier molecular flexibility index (Phi) is 8.60. The maximum atomic E-state index is 8.79. The first-order chi connectivity index (χ1) is 12.2. The molecule has 0 aromatic heterocycles. The third kappa shape index (κ3) is 6.58. The average Bonchev–Trinajstić information content (AvgIpc) is 2.62. The van der Waals surface area contributed by atoms with Crippen molar-refractivity contribution < 1.29 is 14.6 Å². The van der Waals surface area contributed by atoms with Gasteiger partial charge in [0, 0.05) is 23.7 Å². The van der Waals surface area contributed by atoms with Gasteiger partial charge in [-0.15, -0.1) is 0 Å². The van der Waals surface area contributed by atoms with Crippen LogP contribution in [-0.2, 0) is 13.2 Å². The summed E-state index contributed by atoms with van der Waals surface area (Å²) in [5, 5.41) is 12.9. The van der Waals surface area contributed by atoms with Crippen molar-refractivity contribution in [3.05, 3.63) is 58.6 Å². The van der Waals surface area contributed by atoms with Crippen LogP contribution in [0.15, 0.2) is 42.5 Å². The fraction of sp³-hybridized carbons (Fsp3) is 0.400. The first-order valence-electron chi connectivity index (χ1n) is 8.68. The van der Waals surface area contributed by atoms with E-state index in [1.165, 1.54) is 0 Å². The van der Waals surface area contributed by atoms with Crippen LogP contribution in [0.4, 0.5) is 0 Å². The molecule has 0 aliphatic heterocycles. The number of nitrogens with one attached hydrogen (secondary N) is 1. The molecule has 0 atom stereocenters. The van der Waals surface area contributed by atoms with Crippen molar-refractivity contribution in [2.24, 2.45) is 0 Å². The van der Waals surface area contributed by atoms with E-state index in [0.717, 1.165) is 42.8 Å². The van der Waals surface area contributed by atoms with Gasteiger partial charge in [-0.3, -0.25) is 0 Å². The SMILES string of the molecule is CCOc1cc(CNCCCCO)ccc1OCc1ccccc1Cl. The van der Waals surface area contributed by atoms with Gasteiger partial charge in [0.25, 0.3) is 0 Å². The molecule has 0 aliphatic carbocycles. The van der Waals surface area contributed by atoms with E-state index in [2.05, 4.69) is 5.32 Å². The van der Waals surface area contributed by atoms with Gasteiger partial charge in [0.2, 0.25) is 0 Å². The molecule has 2 N–H and O–H groups in total. The van der Waals surface area contributed by atoms with Gasteiger partial charge < -0.3 is 19.9 Å². The topological polar surface area (TPSA) is 50.7 Å². The van der Waals surface area contributed by atoms with Crippen LogP contribution in [0.25, 0.3) is 0 Å².